The van der Waals surface area contributed by atoms with E-state index in [0.29, 0.717) is 38.1 Å². The highest BCUT2D eigenvalue weighted by Gasteiger charge is 2.24. The second-order valence-electron chi connectivity index (χ2n) is 11.0. The van der Waals surface area contributed by atoms with E-state index in [1.54, 1.807) is 4.90 Å². The molecule has 210 valence electrons. The van der Waals surface area contributed by atoms with Gasteiger partial charge in [-0.05, 0) is 61.1 Å². The third-order valence-corrected chi connectivity index (χ3v) is 6.71. The zero-order valence-corrected chi connectivity index (χ0v) is 23.9. The van der Waals surface area contributed by atoms with Gasteiger partial charge < -0.3 is 19.1 Å². The molecule has 1 aliphatic rings. The van der Waals surface area contributed by atoms with Crippen molar-refractivity contribution in [1.29, 1.82) is 0 Å². The average Bonchev–Trinajstić information content (AvgIpc) is 2.99. The molecule has 0 radical (unpaired) electrons. The van der Waals surface area contributed by atoms with Crippen LogP contribution in [0.3, 0.4) is 0 Å². The first-order valence-electron chi connectivity index (χ1n) is 14.0. The summed E-state index contributed by atoms with van der Waals surface area (Å²) in [4.78, 5) is 18.9. The molecule has 1 aromatic heterocycles. The number of carbonyl (C=O) groups excluding carboxylic acids is 1. The van der Waals surface area contributed by atoms with Crippen LogP contribution in [-0.2, 0) is 18.0 Å². The second-order valence-corrected chi connectivity index (χ2v) is 11.0. The molecule has 3 aromatic carbocycles. The molecule has 0 saturated carbocycles. The Labute approximate surface area is 242 Å². The van der Waals surface area contributed by atoms with Gasteiger partial charge in [0, 0.05) is 24.7 Å². The Bertz CT molecular complexity index is 1480. The molecular formula is C35H36N2O4. The molecule has 0 aliphatic carbocycles. The van der Waals surface area contributed by atoms with E-state index in [9.17, 15) is 4.79 Å². The number of nitrogens with zero attached hydrogens (tertiary/aromatic N) is 2. The van der Waals surface area contributed by atoms with E-state index >= 15 is 0 Å². The number of rotatable bonds is 8. The number of carbonyl (C=O) groups is 1. The molecule has 4 aromatic rings. The van der Waals surface area contributed by atoms with Gasteiger partial charge >= 0.3 is 6.09 Å². The van der Waals surface area contributed by atoms with Crippen LogP contribution < -0.4 is 9.47 Å². The van der Waals surface area contributed by atoms with Gasteiger partial charge in [-0.15, -0.1) is 0 Å². The van der Waals surface area contributed by atoms with Crippen molar-refractivity contribution in [2.24, 2.45) is 0 Å². The summed E-state index contributed by atoms with van der Waals surface area (Å²) in [5.74, 6) is 1.04. The molecule has 0 bridgehead atoms. The van der Waals surface area contributed by atoms with Crippen LogP contribution in [0.2, 0.25) is 0 Å². The normalized spacial score (nSPS) is 13.3. The van der Waals surface area contributed by atoms with Crippen molar-refractivity contribution < 1.29 is 19.0 Å². The van der Waals surface area contributed by atoms with Crippen LogP contribution in [0.15, 0.2) is 103 Å². The van der Waals surface area contributed by atoms with Crippen molar-refractivity contribution in [3.05, 3.63) is 120 Å². The van der Waals surface area contributed by atoms with E-state index in [4.69, 9.17) is 19.2 Å². The topological polar surface area (TPSA) is 60.9 Å². The summed E-state index contributed by atoms with van der Waals surface area (Å²) in [6.45, 7) is 7.67. The zero-order valence-electron chi connectivity index (χ0n) is 23.9. The smallest absolute Gasteiger partial charge is 0.410 e. The van der Waals surface area contributed by atoms with E-state index in [2.05, 4.69) is 30.3 Å². The van der Waals surface area contributed by atoms with Crippen LogP contribution in [0.1, 0.15) is 43.9 Å². The largest absolute Gasteiger partial charge is 0.473 e. The van der Waals surface area contributed by atoms with Gasteiger partial charge in [0.1, 0.15) is 18.8 Å². The quantitative estimate of drug-likeness (QED) is 0.224. The summed E-state index contributed by atoms with van der Waals surface area (Å²) in [7, 11) is 0. The van der Waals surface area contributed by atoms with Crippen molar-refractivity contribution in [1.82, 2.24) is 9.88 Å². The van der Waals surface area contributed by atoms with E-state index in [1.165, 1.54) is 5.57 Å². The van der Waals surface area contributed by atoms with Crippen LogP contribution in [0.5, 0.6) is 11.8 Å². The molecule has 6 heteroatoms. The Morgan fingerprint density at radius 3 is 1.98 bits per heavy atom. The van der Waals surface area contributed by atoms with Crippen LogP contribution in [0.25, 0.3) is 16.7 Å². The maximum absolute atomic E-state index is 12.4. The molecule has 41 heavy (non-hydrogen) atoms. The lowest BCUT2D eigenvalue weighted by molar-refractivity contribution is 0.0270. The van der Waals surface area contributed by atoms with Gasteiger partial charge in [-0.3, -0.25) is 0 Å². The lowest BCUT2D eigenvalue weighted by Crippen LogP contribution is -2.39. The Balaban J connectivity index is 1.32. The van der Waals surface area contributed by atoms with Crippen LogP contribution in [0.4, 0.5) is 4.79 Å². The Hall–Kier alpha value is -4.58. The summed E-state index contributed by atoms with van der Waals surface area (Å²) >= 11 is 0. The highest BCUT2D eigenvalue weighted by Crippen LogP contribution is 2.33. The summed E-state index contributed by atoms with van der Waals surface area (Å²) < 4.78 is 17.7. The lowest BCUT2D eigenvalue weighted by Gasteiger charge is -2.29. The summed E-state index contributed by atoms with van der Waals surface area (Å²) in [6.07, 6.45) is 2.62. The van der Waals surface area contributed by atoms with Crippen molar-refractivity contribution in [3.63, 3.8) is 0 Å². The van der Waals surface area contributed by atoms with E-state index in [1.807, 2.05) is 93.6 Å². The van der Waals surface area contributed by atoms with Gasteiger partial charge in [-0.25, -0.2) is 4.79 Å². The fraction of sp³-hybridized carbons (Fsp3) is 0.257. The summed E-state index contributed by atoms with van der Waals surface area (Å²) in [5, 5.41) is 0. The first-order valence-corrected chi connectivity index (χ1v) is 14.0. The number of aromatic nitrogens is 1. The number of pyridine rings is 1. The molecule has 0 spiro atoms. The summed E-state index contributed by atoms with van der Waals surface area (Å²) in [6, 6.07) is 32.4. The van der Waals surface area contributed by atoms with Gasteiger partial charge in [0.25, 0.3) is 0 Å². The minimum Gasteiger partial charge on any atom is -0.473 e. The SMILES string of the molecule is CC(C)(C)OC(=O)N1CC=C(c2ccc(-c3ccc(OCc4ccccc4)nc3OCc3ccccc3)cc2)CC1. The van der Waals surface area contributed by atoms with Crippen molar-refractivity contribution in [3.8, 4) is 22.9 Å². The highest BCUT2D eigenvalue weighted by atomic mass is 16.6. The van der Waals surface area contributed by atoms with Crippen LogP contribution >= 0.6 is 0 Å². The molecule has 0 unspecified atom stereocenters. The van der Waals surface area contributed by atoms with Crippen molar-refractivity contribution in [2.45, 2.75) is 46.0 Å². The van der Waals surface area contributed by atoms with Crippen molar-refractivity contribution in [2.75, 3.05) is 13.1 Å². The zero-order chi connectivity index (χ0) is 28.7. The van der Waals surface area contributed by atoms with Gasteiger partial charge in [-0.2, -0.15) is 4.98 Å². The second kappa shape index (κ2) is 12.7. The summed E-state index contributed by atoms with van der Waals surface area (Å²) in [5.41, 5.74) is 5.91. The van der Waals surface area contributed by atoms with Crippen LogP contribution in [-0.4, -0.2) is 34.7 Å². The van der Waals surface area contributed by atoms with Gasteiger partial charge in [-0.1, -0.05) is 91.0 Å². The molecule has 6 nitrogen and oxygen atoms in total. The predicted octanol–water partition coefficient (Wildman–Crippen LogP) is 7.93. The molecule has 0 N–H and O–H groups in total. The molecule has 1 amide bonds. The van der Waals surface area contributed by atoms with E-state index in [-0.39, 0.29) is 6.09 Å². The van der Waals surface area contributed by atoms with E-state index < -0.39 is 5.60 Å². The molecular weight excluding hydrogens is 512 g/mol. The molecule has 1 aliphatic heterocycles. The van der Waals surface area contributed by atoms with Crippen molar-refractivity contribution >= 4 is 11.7 Å². The highest BCUT2D eigenvalue weighted by molar-refractivity contribution is 5.75. The molecule has 2 heterocycles. The molecule has 5 rings (SSSR count). The first-order chi connectivity index (χ1) is 19.8. The number of hydrogen-bond donors (Lipinski definition) is 0. The van der Waals surface area contributed by atoms with Crippen LogP contribution in [0, 0.1) is 0 Å². The van der Waals surface area contributed by atoms with E-state index in [0.717, 1.165) is 34.2 Å². The standard InChI is InChI=1S/C35H36N2O4/c1-35(2,3)41-34(38)37-22-20-29(21-23-37)28-14-16-30(17-15-28)31-18-19-32(39-24-26-10-6-4-7-11-26)36-33(31)40-25-27-12-8-5-9-13-27/h4-20H,21-25H2,1-3H3. The minimum absolute atomic E-state index is 0.269. The monoisotopic (exact) mass is 548 g/mol. The fourth-order valence-electron chi connectivity index (χ4n) is 4.58. The predicted molar refractivity (Wildman–Crippen MR) is 162 cm³/mol. The third-order valence-electron chi connectivity index (χ3n) is 6.71. The number of hydrogen-bond acceptors (Lipinski definition) is 5. The number of amides is 1. The fourth-order valence-corrected chi connectivity index (χ4v) is 4.58. The van der Waals surface area contributed by atoms with Gasteiger partial charge in [0.15, 0.2) is 0 Å². The average molecular weight is 549 g/mol. The van der Waals surface area contributed by atoms with Gasteiger partial charge in [0.2, 0.25) is 11.8 Å². The van der Waals surface area contributed by atoms with Gasteiger partial charge in [0.05, 0.1) is 0 Å². The maximum Gasteiger partial charge on any atom is 0.410 e. The number of benzene rings is 3. The first kappa shape index (κ1) is 28.0. The molecule has 0 saturated heterocycles. The lowest BCUT2D eigenvalue weighted by atomic mass is 9.97. The number of ether oxygens (including phenoxy) is 3. The Morgan fingerprint density at radius 1 is 0.780 bits per heavy atom. The third kappa shape index (κ3) is 7.76. The Kier molecular flexibility index (Phi) is 8.68. The maximum atomic E-state index is 12.4. The molecule has 0 atom stereocenters. The minimum atomic E-state index is -0.498. The Morgan fingerprint density at radius 2 is 1.39 bits per heavy atom. The molecule has 0 fully saturated rings.